The number of nitrogens with one attached hydrogen (secondary N) is 3. The van der Waals surface area contributed by atoms with E-state index in [4.69, 9.17) is 9.47 Å². The molecule has 32 heavy (non-hydrogen) atoms. The third kappa shape index (κ3) is 4.25. The van der Waals surface area contributed by atoms with Crippen molar-refractivity contribution in [3.63, 3.8) is 0 Å². The van der Waals surface area contributed by atoms with Gasteiger partial charge < -0.3 is 25.0 Å². The number of hydrogen-bond acceptors (Lipinski definition) is 7. The molecule has 0 spiro atoms. The number of fused-ring (bicyclic) bond motifs is 1. The Bertz CT molecular complexity index is 1100. The number of rotatable bonds is 5. The van der Waals surface area contributed by atoms with Crippen LogP contribution in [0, 0.1) is 5.92 Å². The molecule has 3 N–H and O–H groups in total. The second-order valence-corrected chi connectivity index (χ2v) is 8.21. The van der Waals surface area contributed by atoms with Crippen LogP contribution in [0.15, 0.2) is 23.0 Å². The molecule has 2 aromatic rings. The number of carbonyl (C=O) groups is 2. The molecule has 1 aromatic carbocycles. The maximum Gasteiger partial charge on any atom is 0.258 e. The molecule has 170 valence electrons. The Balaban J connectivity index is 1.64. The van der Waals surface area contributed by atoms with Gasteiger partial charge in [-0.25, -0.2) is 0 Å². The third-order valence-corrected chi connectivity index (χ3v) is 5.88. The lowest BCUT2D eigenvalue weighted by atomic mass is 9.92. The topological polar surface area (TPSA) is 126 Å². The van der Waals surface area contributed by atoms with Crippen LogP contribution in [-0.2, 0) is 9.59 Å². The van der Waals surface area contributed by atoms with Crippen molar-refractivity contribution < 1.29 is 19.1 Å². The SMILES string of the molecule is COc1ccc(NC(=O)[C@@H]2CC(=O)Nc3nc(N4CCC[C@H](C)C4)[nH]c(=O)c32)c(OC)c1. The van der Waals surface area contributed by atoms with Crippen LogP contribution in [0.25, 0.3) is 0 Å². The number of ether oxygens (including phenoxy) is 2. The normalized spacial score (nSPS) is 20.2. The molecule has 0 saturated carbocycles. The zero-order valence-corrected chi connectivity index (χ0v) is 18.4. The molecule has 1 saturated heterocycles. The quantitative estimate of drug-likeness (QED) is 0.649. The number of aromatic nitrogens is 2. The van der Waals surface area contributed by atoms with E-state index < -0.39 is 17.4 Å². The number of carbonyl (C=O) groups excluding carboxylic acids is 2. The van der Waals surface area contributed by atoms with Gasteiger partial charge in [0.25, 0.3) is 5.56 Å². The Hall–Kier alpha value is -3.56. The molecule has 10 nitrogen and oxygen atoms in total. The summed E-state index contributed by atoms with van der Waals surface area (Å²) in [6.45, 7) is 3.70. The van der Waals surface area contributed by atoms with E-state index in [2.05, 4.69) is 27.5 Å². The minimum Gasteiger partial charge on any atom is -0.497 e. The second kappa shape index (κ2) is 8.89. The summed E-state index contributed by atoms with van der Waals surface area (Å²) < 4.78 is 10.5. The van der Waals surface area contributed by atoms with Crippen molar-refractivity contribution in [3.05, 3.63) is 34.1 Å². The molecule has 4 rings (SSSR count). The minimum absolute atomic E-state index is 0.139. The van der Waals surface area contributed by atoms with Gasteiger partial charge in [-0.2, -0.15) is 4.98 Å². The molecule has 1 aromatic heterocycles. The fourth-order valence-electron chi connectivity index (χ4n) is 4.24. The van der Waals surface area contributed by atoms with Crippen molar-refractivity contribution in [2.24, 2.45) is 5.92 Å². The first-order valence-electron chi connectivity index (χ1n) is 10.6. The Morgan fingerprint density at radius 1 is 1.25 bits per heavy atom. The Morgan fingerprint density at radius 2 is 2.06 bits per heavy atom. The van der Waals surface area contributed by atoms with Crippen molar-refractivity contribution in [2.75, 3.05) is 42.8 Å². The molecule has 0 aliphatic carbocycles. The average molecular weight is 441 g/mol. The lowest BCUT2D eigenvalue weighted by molar-refractivity contribution is -0.123. The molecule has 2 aliphatic heterocycles. The average Bonchev–Trinajstić information content (AvgIpc) is 2.78. The first kappa shape index (κ1) is 21.7. The number of anilines is 3. The van der Waals surface area contributed by atoms with Gasteiger partial charge in [0.05, 0.1) is 31.4 Å². The van der Waals surface area contributed by atoms with Crippen LogP contribution in [0.1, 0.15) is 37.7 Å². The number of amides is 2. The number of benzene rings is 1. The molecule has 2 atom stereocenters. The summed E-state index contributed by atoms with van der Waals surface area (Å²) in [6.07, 6.45) is 1.98. The van der Waals surface area contributed by atoms with Gasteiger partial charge in [0.15, 0.2) is 0 Å². The molecular formula is C22H27N5O5. The Labute approximate surface area is 185 Å². The maximum absolute atomic E-state index is 13.1. The van der Waals surface area contributed by atoms with Gasteiger partial charge >= 0.3 is 0 Å². The summed E-state index contributed by atoms with van der Waals surface area (Å²) in [5, 5.41) is 5.42. The standard InChI is InChI=1S/C22H27N5O5/c1-12-5-4-8-27(11-12)22-25-19-18(21(30)26-22)14(10-17(28)24-19)20(29)23-15-7-6-13(31-2)9-16(15)32-3/h6-7,9,12,14H,4-5,8,10-11H2,1-3H3,(H,23,29)(H2,24,25,26,28,30)/t12-,14+/m0/s1. The van der Waals surface area contributed by atoms with Crippen molar-refractivity contribution in [1.82, 2.24) is 9.97 Å². The van der Waals surface area contributed by atoms with E-state index in [0.29, 0.717) is 29.1 Å². The molecule has 0 unspecified atom stereocenters. The van der Waals surface area contributed by atoms with Crippen LogP contribution >= 0.6 is 0 Å². The number of nitrogens with zero attached hydrogens (tertiary/aromatic N) is 2. The van der Waals surface area contributed by atoms with E-state index in [-0.39, 0.29) is 23.7 Å². The second-order valence-electron chi connectivity index (χ2n) is 8.21. The molecule has 10 heteroatoms. The molecule has 0 bridgehead atoms. The minimum atomic E-state index is -0.976. The van der Waals surface area contributed by atoms with E-state index >= 15 is 0 Å². The Kier molecular flexibility index (Phi) is 6.02. The monoisotopic (exact) mass is 441 g/mol. The van der Waals surface area contributed by atoms with Gasteiger partial charge in [0.1, 0.15) is 17.3 Å². The van der Waals surface area contributed by atoms with Gasteiger partial charge in [-0.15, -0.1) is 0 Å². The zero-order valence-electron chi connectivity index (χ0n) is 18.4. The highest BCUT2D eigenvalue weighted by atomic mass is 16.5. The molecule has 1 fully saturated rings. The number of piperidine rings is 1. The van der Waals surface area contributed by atoms with Crippen LogP contribution < -0.4 is 30.6 Å². The lowest BCUT2D eigenvalue weighted by Crippen LogP contribution is -2.40. The van der Waals surface area contributed by atoms with Gasteiger partial charge in [-0.1, -0.05) is 6.92 Å². The van der Waals surface area contributed by atoms with Crippen LogP contribution in [-0.4, -0.2) is 49.1 Å². The highest BCUT2D eigenvalue weighted by Crippen LogP contribution is 2.33. The number of H-pyrrole nitrogens is 1. The molecule has 3 heterocycles. The first-order chi connectivity index (χ1) is 15.4. The summed E-state index contributed by atoms with van der Waals surface area (Å²) in [7, 11) is 3.01. The molecular weight excluding hydrogens is 414 g/mol. The lowest BCUT2D eigenvalue weighted by Gasteiger charge is -2.32. The fourth-order valence-corrected chi connectivity index (χ4v) is 4.24. The van der Waals surface area contributed by atoms with Crippen LogP contribution in [0.2, 0.25) is 0 Å². The fraction of sp³-hybridized carbons (Fsp3) is 0.455. The van der Waals surface area contributed by atoms with E-state index in [1.807, 2.05) is 4.90 Å². The first-order valence-corrected chi connectivity index (χ1v) is 10.6. The predicted molar refractivity (Wildman–Crippen MR) is 120 cm³/mol. The summed E-state index contributed by atoms with van der Waals surface area (Å²) in [6, 6.07) is 4.96. The number of methoxy groups -OCH3 is 2. The van der Waals surface area contributed by atoms with Crippen molar-refractivity contribution in [1.29, 1.82) is 0 Å². The molecule has 0 radical (unpaired) electrons. The van der Waals surface area contributed by atoms with Crippen molar-refractivity contribution >= 4 is 29.3 Å². The van der Waals surface area contributed by atoms with Gasteiger partial charge in [0, 0.05) is 25.6 Å². The zero-order chi connectivity index (χ0) is 22.8. The predicted octanol–water partition coefficient (Wildman–Crippen LogP) is 2.09. The summed E-state index contributed by atoms with van der Waals surface area (Å²) in [5.74, 6) is 0.182. The largest absolute Gasteiger partial charge is 0.497 e. The summed E-state index contributed by atoms with van der Waals surface area (Å²) in [5.41, 5.74) is 0.141. The molecule has 2 aliphatic rings. The van der Waals surface area contributed by atoms with E-state index in [1.54, 1.807) is 18.2 Å². The van der Waals surface area contributed by atoms with Crippen LogP contribution in [0.3, 0.4) is 0 Å². The molecule has 2 amide bonds. The maximum atomic E-state index is 13.1. The van der Waals surface area contributed by atoms with E-state index in [1.165, 1.54) is 14.2 Å². The van der Waals surface area contributed by atoms with E-state index in [9.17, 15) is 14.4 Å². The number of aromatic amines is 1. The highest BCUT2D eigenvalue weighted by molar-refractivity contribution is 6.05. The van der Waals surface area contributed by atoms with Crippen LogP contribution in [0.5, 0.6) is 11.5 Å². The third-order valence-electron chi connectivity index (χ3n) is 5.88. The summed E-state index contributed by atoms with van der Waals surface area (Å²) in [4.78, 5) is 47.8. The van der Waals surface area contributed by atoms with Crippen molar-refractivity contribution in [3.8, 4) is 11.5 Å². The van der Waals surface area contributed by atoms with Crippen LogP contribution in [0.4, 0.5) is 17.5 Å². The highest BCUT2D eigenvalue weighted by Gasteiger charge is 2.35. The van der Waals surface area contributed by atoms with Gasteiger partial charge in [0.2, 0.25) is 17.8 Å². The van der Waals surface area contributed by atoms with Gasteiger partial charge in [-0.3, -0.25) is 19.4 Å². The van der Waals surface area contributed by atoms with Gasteiger partial charge in [-0.05, 0) is 30.9 Å². The Morgan fingerprint density at radius 3 is 2.78 bits per heavy atom. The summed E-state index contributed by atoms with van der Waals surface area (Å²) >= 11 is 0. The van der Waals surface area contributed by atoms with E-state index in [0.717, 1.165) is 25.9 Å². The van der Waals surface area contributed by atoms with Crippen molar-refractivity contribution in [2.45, 2.75) is 32.1 Å². The smallest absolute Gasteiger partial charge is 0.258 e. The number of hydrogen-bond donors (Lipinski definition) is 3.